The molecule has 0 bridgehead atoms. The van der Waals surface area contributed by atoms with Crippen LogP contribution in [0.5, 0.6) is 0 Å². The van der Waals surface area contributed by atoms with Crippen molar-refractivity contribution >= 4 is 67.0 Å². The standard InChI is InChI=1S/C40H48Cl4O6Si/c1-38(2,3)51(4,5)50-34(33(41)22-15-24-39(42,43)44)27-37(46)49-35-26-32(23-25-45)48-36(35)28-47-40(29-16-9-6-10-17-29,30-18-11-7-12-19-30)31-20-13-8-14-21-31/h6-14,16-22,25,32,34-36H,15,23-24,26-28H2,1-5H3/b33-22-/t32-,34-,35-,36-/m1/s1. The predicted octanol–water partition coefficient (Wildman–Crippen LogP) is 10.7. The van der Waals surface area contributed by atoms with Crippen molar-refractivity contribution in [2.75, 3.05) is 6.61 Å². The molecule has 1 heterocycles. The number of carbonyl (C=O) groups is 2. The van der Waals surface area contributed by atoms with Gasteiger partial charge in [-0.3, -0.25) is 4.79 Å². The van der Waals surface area contributed by atoms with Crippen molar-refractivity contribution in [2.24, 2.45) is 0 Å². The van der Waals surface area contributed by atoms with Gasteiger partial charge >= 0.3 is 5.97 Å². The molecule has 0 spiro atoms. The second kappa shape index (κ2) is 18.2. The summed E-state index contributed by atoms with van der Waals surface area (Å²) in [6.45, 7) is 10.6. The highest BCUT2D eigenvalue weighted by molar-refractivity contribution is 6.74. The van der Waals surface area contributed by atoms with Crippen molar-refractivity contribution in [2.45, 2.75) is 105 Å². The molecule has 6 nitrogen and oxygen atoms in total. The van der Waals surface area contributed by atoms with E-state index in [2.05, 4.69) is 33.9 Å². The number of aldehydes is 1. The van der Waals surface area contributed by atoms with E-state index in [9.17, 15) is 9.59 Å². The topological polar surface area (TPSA) is 71.1 Å². The Kier molecular flexibility index (Phi) is 14.8. The number of allylic oxidation sites excluding steroid dienone is 1. The molecule has 1 aliphatic heterocycles. The lowest BCUT2D eigenvalue weighted by Crippen LogP contribution is -2.45. The average Bonchev–Trinajstić information content (AvgIpc) is 3.45. The van der Waals surface area contributed by atoms with Gasteiger partial charge in [-0.15, -0.1) is 0 Å². The molecule has 276 valence electrons. The van der Waals surface area contributed by atoms with Gasteiger partial charge in [-0.05, 0) is 47.7 Å². The number of rotatable bonds is 16. The second-order valence-electron chi connectivity index (χ2n) is 14.4. The Morgan fingerprint density at radius 3 is 1.86 bits per heavy atom. The lowest BCUT2D eigenvalue weighted by atomic mass is 9.80. The number of carbonyl (C=O) groups excluding carboxylic acids is 2. The molecule has 1 saturated heterocycles. The summed E-state index contributed by atoms with van der Waals surface area (Å²) in [6, 6.07) is 30.0. The highest BCUT2D eigenvalue weighted by Gasteiger charge is 2.44. The molecular formula is C40H48Cl4O6Si. The summed E-state index contributed by atoms with van der Waals surface area (Å²) in [5, 5.41) is 0.210. The van der Waals surface area contributed by atoms with Crippen LogP contribution < -0.4 is 0 Å². The summed E-state index contributed by atoms with van der Waals surface area (Å²) in [4.78, 5) is 25.3. The first-order chi connectivity index (χ1) is 24.1. The van der Waals surface area contributed by atoms with Crippen molar-refractivity contribution in [1.82, 2.24) is 0 Å². The molecule has 3 aromatic carbocycles. The average molecular weight is 795 g/mol. The van der Waals surface area contributed by atoms with Crippen molar-refractivity contribution in [1.29, 1.82) is 0 Å². The van der Waals surface area contributed by atoms with Gasteiger partial charge in [0, 0.05) is 17.9 Å². The molecule has 0 unspecified atom stereocenters. The summed E-state index contributed by atoms with van der Waals surface area (Å²) in [5.41, 5.74) is 1.79. The van der Waals surface area contributed by atoms with Crippen molar-refractivity contribution in [3.63, 3.8) is 0 Å². The molecule has 4 rings (SSSR count). The molecule has 0 radical (unpaired) electrons. The zero-order chi connectivity index (χ0) is 37.3. The number of halogens is 4. The molecule has 0 amide bonds. The third kappa shape index (κ3) is 11.4. The Morgan fingerprint density at radius 2 is 1.41 bits per heavy atom. The fraction of sp³-hybridized carbons (Fsp3) is 0.450. The SMILES string of the molecule is CC(C)(C)[Si](C)(C)O[C@H](CC(=O)O[C@@H]1C[C@@H](CC=O)O[C@@H]1COC(c1ccccc1)(c1ccccc1)c1ccccc1)/C(Cl)=C/CCC(Cl)(Cl)Cl. The summed E-state index contributed by atoms with van der Waals surface area (Å²) in [6.07, 6.45) is 1.07. The number of hydrogen-bond donors (Lipinski definition) is 0. The molecule has 4 atom stereocenters. The van der Waals surface area contributed by atoms with Gasteiger partial charge in [0.15, 0.2) is 12.1 Å². The largest absolute Gasteiger partial charge is 0.459 e. The maximum atomic E-state index is 13.8. The van der Waals surface area contributed by atoms with Gasteiger partial charge < -0.3 is 23.4 Å². The molecule has 0 aromatic heterocycles. The highest BCUT2D eigenvalue weighted by Crippen LogP contribution is 2.42. The quantitative estimate of drug-likeness (QED) is 0.0473. The molecule has 11 heteroatoms. The molecule has 0 aliphatic carbocycles. The van der Waals surface area contributed by atoms with Gasteiger partial charge in [0.05, 0.1) is 25.2 Å². The summed E-state index contributed by atoms with van der Waals surface area (Å²) >= 11 is 24.7. The van der Waals surface area contributed by atoms with Crippen LogP contribution in [0.15, 0.2) is 102 Å². The van der Waals surface area contributed by atoms with Crippen LogP contribution in [0.2, 0.25) is 18.1 Å². The Balaban J connectivity index is 1.61. The van der Waals surface area contributed by atoms with Crippen molar-refractivity contribution < 1.29 is 28.2 Å². The minimum atomic E-state index is -2.38. The predicted molar refractivity (Wildman–Crippen MR) is 209 cm³/mol. The minimum absolute atomic E-state index is 0.0770. The smallest absolute Gasteiger partial charge is 0.309 e. The normalized spacial score (nSPS) is 19.5. The van der Waals surface area contributed by atoms with Gasteiger partial charge in [-0.25, -0.2) is 0 Å². The summed E-state index contributed by atoms with van der Waals surface area (Å²) in [5.74, 6) is -0.502. The molecule has 0 saturated carbocycles. The van der Waals surface area contributed by atoms with Gasteiger partial charge in [0.1, 0.15) is 24.1 Å². The number of benzene rings is 3. The fourth-order valence-electron chi connectivity index (χ4n) is 5.91. The Morgan fingerprint density at radius 1 is 0.902 bits per heavy atom. The lowest BCUT2D eigenvalue weighted by molar-refractivity contribution is -0.157. The number of alkyl halides is 3. The zero-order valence-electron chi connectivity index (χ0n) is 29.8. The van der Waals surface area contributed by atoms with Gasteiger partial charge in [0.25, 0.3) is 0 Å². The van der Waals surface area contributed by atoms with E-state index in [4.69, 9.17) is 65.0 Å². The van der Waals surface area contributed by atoms with Crippen LogP contribution in [0.4, 0.5) is 0 Å². The van der Waals surface area contributed by atoms with Gasteiger partial charge in [-0.2, -0.15) is 0 Å². The first-order valence-electron chi connectivity index (χ1n) is 17.2. The fourth-order valence-corrected chi connectivity index (χ4v) is 7.82. The van der Waals surface area contributed by atoms with E-state index < -0.39 is 48.1 Å². The molecular weight excluding hydrogens is 746 g/mol. The number of ether oxygens (including phenoxy) is 3. The van der Waals surface area contributed by atoms with Gasteiger partial charge in [-0.1, -0.05) is 164 Å². The van der Waals surface area contributed by atoms with E-state index in [1.54, 1.807) is 6.08 Å². The van der Waals surface area contributed by atoms with Crippen LogP contribution in [0, 0.1) is 0 Å². The van der Waals surface area contributed by atoms with Crippen LogP contribution in [0.3, 0.4) is 0 Å². The van der Waals surface area contributed by atoms with Crippen LogP contribution in [-0.2, 0) is 33.8 Å². The molecule has 1 aliphatic rings. The summed E-state index contributed by atoms with van der Waals surface area (Å²) < 4.78 is 24.7. The van der Waals surface area contributed by atoms with E-state index in [1.807, 2.05) is 91.0 Å². The van der Waals surface area contributed by atoms with Crippen LogP contribution in [-0.4, -0.2) is 55.4 Å². The van der Waals surface area contributed by atoms with Gasteiger partial charge in [0.2, 0.25) is 0 Å². The maximum absolute atomic E-state index is 13.8. The van der Waals surface area contributed by atoms with E-state index in [0.717, 1.165) is 23.0 Å². The third-order valence-corrected chi connectivity index (χ3v) is 15.0. The van der Waals surface area contributed by atoms with E-state index in [-0.39, 0.29) is 30.9 Å². The Labute approximate surface area is 323 Å². The number of hydrogen-bond acceptors (Lipinski definition) is 6. The van der Waals surface area contributed by atoms with Crippen LogP contribution >= 0.6 is 46.4 Å². The maximum Gasteiger partial charge on any atom is 0.309 e. The molecule has 1 fully saturated rings. The van der Waals surface area contributed by atoms with Crippen LogP contribution in [0.25, 0.3) is 0 Å². The summed E-state index contributed by atoms with van der Waals surface area (Å²) in [7, 11) is -2.38. The van der Waals surface area contributed by atoms with Crippen LogP contribution in [0.1, 0.15) is 69.6 Å². The lowest BCUT2D eigenvalue weighted by Gasteiger charge is -2.39. The first kappa shape index (κ1) is 41.6. The third-order valence-electron chi connectivity index (χ3n) is 9.59. The molecule has 0 N–H and O–H groups in total. The van der Waals surface area contributed by atoms with E-state index in [0.29, 0.717) is 17.9 Å². The second-order valence-corrected chi connectivity index (χ2v) is 22.1. The van der Waals surface area contributed by atoms with E-state index >= 15 is 0 Å². The van der Waals surface area contributed by atoms with E-state index in [1.165, 1.54) is 0 Å². The Bertz CT molecular complexity index is 1480. The minimum Gasteiger partial charge on any atom is -0.459 e. The Hall–Kier alpha value is -2.20. The highest BCUT2D eigenvalue weighted by atomic mass is 35.6. The van der Waals surface area contributed by atoms with Crippen molar-refractivity contribution in [3.8, 4) is 0 Å². The monoisotopic (exact) mass is 792 g/mol. The zero-order valence-corrected chi connectivity index (χ0v) is 33.9. The first-order valence-corrected chi connectivity index (χ1v) is 21.7. The molecule has 51 heavy (non-hydrogen) atoms. The van der Waals surface area contributed by atoms with Crippen molar-refractivity contribution in [3.05, 3.63) is 119 Å². The number of esters is 1. The molecule has 3 aromatic rings.